The molecule has 3 heteroatoms. The molecule has 0 amide bonds. The highest BCUT2D eigenvalue weighted by molar-refractivity contribution is 5.89. The van der Waals surface area contributed by atoms with Gasteiger partial charge in [0.15, 0.2) is 0 Å². The van der Waals surface area contributed by atoms with Crippen LogP contribution in [0.5, 0.6) is 0 Å². The van der Waals surface area contributed by atoms with Gasteiger partial charge in [-0.25, -0.2) is 4.79 Å². The second-order valence-corrected chi connectivity index (χ2v) is 5.87. The molecule has 1 saturated heterocycles. The molecule has 0 saturated carbocycles. The number of benzene rings is 2. The highest BCUT2D eigenvalue weighted by Gasteiger charge is 2.37. The Balaban J connectivity index is 1.87. The zero-order valence-corrected chi connectivity index (χ0v) is 12.8. The van der Waals surface area contributed by atoms with Gasteiger partial charge in [-0.2, -0.15) is 0 Å². The Kier molecular flexibility index (Phi) is 4.25. The number of esters is 1. The normalized spacial score (nSPS) is 17.0. The van der Waals surface area contributed by atoms with E-state index in [0.717, 1.165) is 37.1 Å². The summed E-state index contributed by atoms with van der Waals surface area (Å²) >= 11 is 0. The van der Waals surface area contributed by atoms with Crippen molar-refractivity contribution in [1.82, 2.24) is 5.32 Å². The van der Waals surface area contributed by atoms with Crippen LogP contribution >= 0.6 is 0 Å². The summed E-state index contributed by atoms with van der Waals surface area (Å²) in [7, 11) is 0. The first-order valence-electron chi connectivity index (χ1n) is 7.76. The van der Waals surface area contributed by atoms with Crippen molar-refractivity contribution in [2.75, 3.05) is 13.1 Å². The van der Waals surface area contributed by atoms with Gasteiger partial charge >= 0.3 is 5.97 Å². The van der Waals surface area contributed by atoms with Gasteiger partial charge in [-0.3, -0.25) is 0 Å². The predicted octanol–water partition coefficient (Wildman–Crippen LogP) is 3.43. The lowest BCUT2D eigenvalue weighted by Crippen LogP contribution is -2.43. The van der Waals surface area contributed by atoms with E-state index in [-0.39, 0.29) is 5.97 Å². The van der Waals surface area contributed by atoms with Crippen LogP contribution in [0.25, 0.3) is 0 Å². The van der Waals surface area contributed by atoms with Crippen molar-refractivity contribution in [2.24, 2.45) is 0 Å². The Morgan fingerprint density at radius 2 is 1.64 bits per heavy atom. The molecule has 0 bridgehead atoms. The third-order valence-corrected chi connectivity index (χ3v) is 4.29. The summed E-state index contributed by atoms with van der Waals surface area (Å²) in [5.74, 6) is -0.245. The number of nitrogens with one attached hydrogen (secondary N) is 1. The molecular formula is C19H21NO2. The molecule has 1 aliphatic rings. The average Bonchev–Trinajstić information content (AvgIpc) is 2.57. The second-order valence-electron chi connectivity index (χ2n) is 5.87. The number of rotatable bonds is 3. The monoisotopic (exact) mass is 295 g/mol. The Morgan fingerprint density at radius 3 is 2.27 bits per heavy atom. The van der Waals surface area contributed by atoms with Crippen LogP contribution in [0.4, 0.5) is 0 Å². The van der Waals surface area contributed by atoms with E-state index in [9.17, 15) is 4.79 Å². The van der Waals surface area contributed by atoms with E-state index in [1.54, 1.807) is 0 Å². The first-order chi connectivity index (χ1) is 10.7. The van der Waals surface area contributed by atoms with Gasteiger partial charge in [-0.15, -0.1) is 0 Å². The number of piperidine rings is 1. The number of ether oxygens (including phenoxy) is 1. The van der Waals surface area contributed by atoms with Gasteiger partial charge in [0, 0.05) is 12.8 Å². The minimum atomic E-state index is -0.519. The maximum Gasteiger partial charge on any atom is 0.339 e. The maximum absolute atomic E-state index is 12.6. The van der Waals surface area contributed by atoms with Crippen molar-refractivity contribution in [2.45, 2.75) is 25.4 Å². The van der Waals surface area contributed by atoms with Crippen molar-refractivity contribution >= 4 is 5.97 Å². The summed E-state index contributed by atoms with van der Waals surface area (Å²) in [6.45, 7) is 3.72. The van der Waals surface area contributed by atoms with Crippen LogP contribution in [-0.4, -0.2) is 19.1 Å². The molecular weight excluding hydrogens is 274 g/mol. The third-order valence-electron chi connectivity index (χ3n) is 4.29. The minimum Gasteiger partial charge on any atom is -0.450 e. The molecule has 3 rings (SSSR count). The van der Waals surface area contributed by atoms with Crippen molar-refractivity contribution < 1.29 is 9.53 Å². The predicted molar refractivity (Wildman–Crippen MR) is 86.8 cm³/mol. The lowest BCUT2D eigenvalue weighted by Gasteiger charge is -2.37. The summed E-state index contributed by atoms with van der Waals surface area (Å²) in [5, 5.41) is 3.34. The average molecular weight is 295 g/mol. The zero-order chi connectivity index (χ0) is 15.4. The van der Waals surface area contributed by atoms with Gasteiger partial charge in [-0.05, 0) is 37.7 Å². The summed E-state index contributed by atoms with van der Waals surface area (Å²) < 4.78 is 6.01. The Bertz CT molecular complexity index is 628. The summed E-state index contributed by atoms with van der Waals surface area (Å²) in [5.41, 5.74) is 2.31. The smallest absolute Gasteiger partial charge is 0.339 e. The SMILES string of the molecule is Cc1ccc(C(=O)OC2(c3ccccc3)CCNCC2)cc1. The van der Waals surface area contributed by atoms with Gasteiger partial charge in [0.1, 0.15) is 5.60 Å². The van der Waals surface area contributed by atoms with Crippen LogP contribution in [0.2, 0.25) is 0 Å². The Labute approximate surface area is 131 Å². The quantitative estimate of drug-likeness (QED) is 0.882. The molecule has 1 heterocycles. The fourth-order valence-corrected chi connectivity index (χ4v) is 2.95. The molecule has 0 atom stereocenters. The molecule has 3 nitrogen and oxygen atoms in total. The maximum atomic E-state index is 12.6. The minimum absolute atomic E-state index is 0.245. The summed E-state index contributed by atoms with van der Waals surface area (Å²) in [6, 6.07) is 17.6. The second kappa shape index (κ2) is 6.32. The number of carbonyl (C=O) groups excluding carboxylic acids is 1. The van der Waals surface area contributed by atoms with E-state index in [4.69, 9.17) is 4.74 Å². The number of carbonyl (C=O) groups is 1. The Hall–Kier alpha value is -2.13. The van der Waals surface area contributed by atoms with Crippen LogP contribution in [0.3, 0.4) is 0 Å². The fourth-order valence-electron chi connectivity index (χ4n) is 2.95. The summed E-state index contributed by atoms with van der Waals surface area (Å²) in [4.78, 5) is 12.6. The first-order valence-corrected chi connectivity index (χ1v) is 7.76. The molecule has 2 aromatic rings. The third kappa shape index (κ3) is 3.04. The van der Waals surface area contributed by atoms with Crippen molar-refractivity contribution in [3.63, 3.8) is 0 Å². The molecule has 0 aromatic heterocycles. The van der Waals surface area contributed by atoms with Crippen molar-refractivity contribution in [3.05, 3.63) is 71.3 Å². The molecule has 2 aromatic carbocycles. The number of hydrogen-bond donors (Lipinski definition) is 1. The summed E-state index contributed by atoms with van der Waals surface area (Å²) in [6.07, 6.45) is 1.60. The largest absolute Gasteiger partial charge is 0.450 e. The van der Waals surface area contributed by atoms with Gasteiger partial charge in [-0.1, -0.05) is 48.0 Å². The topological polar surface area (TPSA) is 38.3 Å². The van der Waals surface area contributed by atoms with Gasteiger partial charge < -0.3 is 10.1 Å². The molecule has 22 heavy (non-hydrogen) atoms. The lowest BCUT2D eigenvalue weighted by atomic mass is 9.84. The van der Waals surface area contributed by atoms with E-state index >= 15 is 0 Å². The molecule has 114 valence electrons. The van der Waals surface area contributed by atoms with E-state index in [0.29, 0.717) is 5.56 Å². The molecule has 0 spiro atoms. The van der Waals surface area contributed by atoms with E-state index in [2.05, 4.69) is 5.32 Å². The highest BCUT2D eigenvalue weighted by Crippen LogP contribution is 2.35. The van der Waals surface area contributed by atoms with E-state index in [1.165, 1.54) is 0 Å². The molecule has 1 fully saturated rings. The van der Waals surface area contributed by atoms with Gasteiger partial charge in [0.05, 0.1) is 5.56 Å². The van der Waals surface area contributed by atoms with Crippen LogP contribution in [0, 0.1) is 6.92 Å². The van der Waals surface area contributed by atoms with Crippen molar-refractivity contribution in [3.8, 4) is 0 Å². The molecule has 0 aliphatic carbocycles. The number of aryl methyl sites for hydroxylation is 1. The van der Waals surface area contributed by atoms with Gasteiger partial charge in [0.2, 0.25) is 0 Å². The molecule has 0 radical (unpaired) electrons. The zero-order valence-electron chi connectivity index (χ0n) is 12.8. The molecule has 1 N–H and O–H groups in total. The van der Waals surface area contributed by atoms with Crippen LogP contribution in [0.1, 0.15) is 34.3 Å². The fraction of sp³-hybridized carbons (Fsp3) is 0.316. The van der Waals surface area contributed by atoms with Crippen LogP contribution in [-0.2, 0) is 10.3 Å². The standard InChI is InChI=1S/C19H21NO2/c1-15-7-9-16(10-8-15)18(21)22-19(11-13-20-14-12-19)17-5-3-2-4-6-17/h2-10,20H,11-14H2,1H3. The van der Waals surface area contributed by atoms with Gasteiger partial charge in [0.25, 0.3) is 0 Å². The van der Waals surface area contributed by atoms with E-state index < -0.39 is 5.60 Å². The Morgan fingerprint density at radius 1 is 1.00 bits per heavy atom. The molecule has 0 unspecified atom stereocenters. The van der Waals surface area contributed by atoms with Crippen LogP contribution < -0.4 is 5.32 Å². The first kappa shape index (κ1) is 14.8. The van der Waals surface area contributed by atoms with Crippen molar-refractivity contribution in [1.29, 1.82) is 0 Å². The van der Waals surface area contributed by atoms with Crippen LogP contribution in [0.15, 0.2) is 54.6 Å². The van der Waals surface area contributed by atoms with E-state index in [1.807, 2.05) is 61.5 Å². The highest BCUT2D eigenvalue weighted by atomic mass is 16.6. The lowest BCUT2D eigenvalue weighted by molar-refractivity contribution is -0.0378. The molecule has 1 aliphatic heterocycles. The number of hydrogen-bond acceptors (Lipinski definition) is 3.